The Morgan fingerprint density at radius 3 is 2.50 bits per heavy atom. The van der Waals surface area contributed by atoms with Gasteiger partial charge < -0.3 is 10.2 Å². The summed E-state index contributed by atoms with van der Waals surface area (Å²) in [6.45, 7) is 7.60. The first-order chi connectivity index (χ1) is 7.86. The number of rotatable bonds is 6. The third-order valence-corrected chi connectivity index (χ3v) is 4.42. The standard InChI is InChI=1S/C14H28N2/c1-13(14-7-2-3-8-14)15-9-6-12-16-10-4-5-11-16/h13-15H,2-12H2,1H3. The van der Waals surface area contributed by atoms with Crippen molar-refractivity contribution >= 4 is 0 Å². The van der Waals surface area contributed by atoms with Gasteiger partial charge >= 0.3 is 0 Å². The van der Waals surface area contributed by atoms with E-state index in [0.29, 0.717) is 0 Å². The van der Waals surface area contributed by atoms with Gasteiger partial charge in [0.2, 0.25) is 0 Å². The second-order valence-electron chi connectivity index (χ2n) is 5.69. The summed E-state index contributed by atoms with van der Waals surface area (Å²) in [6.07, 6.45) is 10.0. The molecule has 1 saturated heterocycles. The van der Waals surface area contributed by atoms with Crippen LogP contribution in [0.25, 0.3) is 0 Å². The minimum atomic E-state index is 0.751. The smallest absolute Gasteiger partial charge is 0.00670 e. The van der Waals surface area contributed by atoms with E-state index >= 15 is 0 Å². The molecule has 0 aromatic heterocycles. The zero-order chi connectivity index (χ0) is 11.2. The highest BCUT2D eigenvalue weighted by Crippen LogP contribution is 2.27. The summed E-state index contributed by atoms with van der Waals surface area (Å²) < 4.78 is 0. The molecule has 2 fully saturated rings. The van der Waals surface area contributed by atoms with Gasteiger partial charge in [-0.15, -0.1) is 0 Å². The van der Waals surface area contributed by atoms with Gasteiger partial charge in [0.15, 0.2) is 0 Å². The lowest BCUT2D eigenvalue weighted by Gasteiger charge is -2.21. The third-order valence-electron chi connectivity index (χ3n) is 4.42. The lowest BCUT2D eigenvalue weighted by molar-refractivity contribution is 0.317. The van der Waals surface area contributed by atoms with Crippen LogP contribution in [-0.2, 0) is 0 Å². The number of nitrogens with one attached hydrogen (secondary N) is 1. The second-order valence-corrected chi connectivity index (χ2v) is 5.69. The van der Waals surface area contributed by atoms with Gasteiger partial charge in [-0.05, 0) is 71.1 Å². The molecular weight excluding hydrogens is 196 g/mol. The molecule has 1 atom stereocenters. The first-order valence-electron chi connectivity index (χ1n) is 7.32. The van der Waals surface area contributed by atoms with Crippen molar-refractivity contribution in [2.24, 2.45) is 5.92 Å². The van der Waals surface area contributed by atoms with E-state index in [9.17, 15) is 0 Å². The van der Waals surface area contributed by atoms with Gasteiger partial charge in [0.1, 0.15) is 0 Å². The molecule has 2 rings (SSSR count). The molecule has 0 spiro atoms. The van der Waals surface area contributed by atoms with Crippen LogP contribution in [0.5, 0.6) is 0 Å². The van der Waals surface area contributed by atoms with Crippen LogP contribution in [0.2, 0.25) is 0 Å². The Balaban J connectivity index is 1.50. The van der Waals surface area contributed by atoms with Crippen molar-refractivity contribution in [3.05, 3.63) is 0 Å². The number of hydrogen-bond acceptors (Lipinski definition) is 2. The maximum atomic E-state index is 3.72. The van der Waals surface area contributed by atoms with E-state index in [1.54, 1.807) is 0 Å². The minimum absolute atomic E-state index is 0.751. The van der Waals surface area contributed by atoms with Crippen LogP contribution in [-0.4, -0.2) is 37.1 Å². The van der Waals surface area contributed by atoms with Crippen LogP contribution in [0.3, 0.4) is 0 Å². The normalized spacial score (nSPS) is 25.3. The molecule has 16 heavy (non-hydrogen) atoms. The third kappa shape index (κ3) is 3.74. The van der Waals surface area contributed by atoms with Gasteiger partial charge in [0.25, 0.3) is 0 Å². The van der Waals surface area contributed by atoms with Crippen LogP contribution >= 0.6 is 0 Å². The van der Waals surface area contributed by atoms with Gasteiger partial charge in [0, 0.05) is 6.04 Å². The fourth-order valence-electron chi connectivity index (χ4n) is 3.26. The predicted octanol–water partition coefficient (Wildman–Crippen LogP) is 2.64. The summed E-state index contributed by atoms with van der Waals surface area (Å²) >= 11 is 0. The van der Waals surface area contributed by atoms with Gasteiger partial charge in [-0.2, -0.15) is 0 Å². The van der Waals surface area contributed by atoms with E-state index in [1.807, 2.05) is 0 Å². The highest BCUT2D eigenvalue weighted by atomic mass is 15.1. The van der Waals surface area contributed by atoms with E-state index in [-0.39, 0.29) is 0 Å². The Labute approximate surface area is 101 Å². The van der Waals surface area contributed by atoms with E-state index < -0.39 is 0 Å². The molecule has 0 amide bonds. The predicted molar refractivity (Wildman–Crippen MR) is 69.7 cm³/mol. The minimum Gasteiger partial charge on any atom is -0.314 e. The van der Waals surface area contributed by atoms with Crippen molar-refractivity contribution in [2.45, 2.75) is 57.9 Å². The Morgan fingerprint density at radius 2 is 1.81 bits per heavy atom. The van der Waals surface area contributed by atoms with E-state index in [2.05, 4.69) is 17.1 Å². The quantitative estimate of drug-likeness (QED) is 0.698. The van der Waals surface area contributed by atoms with E-state index in [1.165, 1.54) is 71.1 Å². The molecule has 0 aromatic carbocycles. The fraction of sp³-hybridized carbons (Fsp3) is 1.00. The van der Waals surface area contributed by atoms with Crippen molar-refractivity contribution in [3.8, 4) is 0 Å². The fourth-order valence-corrected chi connectivity index (χ4v) is 3.26. The molecule has 1 aliphatic carbocycles. The number of hydrogen-bond donors (Lipinski definition) is 1. The molecule has 2 aliphatic rings. The van der Waals surface area contributed by atoms with Crippen LogP contribution in [0.15, 0.2) is 0 Å². The summed E-state index contributed by atoms with van der Waals surface area (Å²) in [5, 5.41) is 3.72. The summed E-state index contributed by atoms with van der Waals surface area (Å²) in [5.41, 5.74) is 0. The highest BCUT2D eigenvalue weighted by molar-refractivity contribution is 4.77. The van der Waals surface area contributed by atoms with Crippen LogP contribution in [0, 0.1) is 5.92 Å². The summed E-state index contributed by atoms with van der Waals surface area (Å²) in [5.74, 6) is 0.965. The van der Waals surface area contributed by atoms with Gasteiger partial charge in [0.05, 0.1) is 0 Å². The summed E-state index contributed by atoms with van der Waals surface area (Å²) in [7, 11) is 0. The molecule has 1 aliphatic heterocycles. The molecule has 94 valence electrons. The maximum Gasteiger partial charge on any atom is 0.00670 e. The van der Waals surface area contributed by atoms with Crippen molar-refractivity contribution in [3.63, 3.8) is 0 Å². The van der Waals surface area contributed by atoms with Gasteiger partial charge in [-0.3, -0.25) is 0 Å². The van der Waals surface area contributed by atoms with Crippen LogP contribution in [0.1, 0.15) is 51.9 Å². The summed E-state index contributed by atoms with van der Waals surface area (Å²) in [4.78, 5) is 2.61. The molecule has 0 bridgehead atoms. The van der Waals surface area contributed by atoms with Crippen LogP contribution in [0.4, 0.5) is 0 Å². The molecule has 1 saturated carbocycles. The van der Waals surface area contributed by atoms with Crippen molar-refractivity contribution in [1.29, 1.82) is 0 Å². The van der Waals surface area contributed by atoms with E-state index in [4.69, 9.17) is 0 Å². The maximum absolute atomic E-state index is 3.72. The highest BCUT2D eigenvalue weighted by Gasteiger charge is 2.20. The topological polar surface area (TPSA) is 15.3 Å². The van der Waals surface area contributed by atoms with Gasteiger partial charge in [-0.1, -0.05) is 12.8 Å². The SMILES string of the molecule is CC(NCCCN1CCCC1)C1CCCC1. The Bertz CT molecular complexity index is 181. The Hall–Kier alpha value is -0.0800. The van der Waals surface area contributed by atoms with Crippen molar-refractivity contribution < 1.29 is 0 Å². The molecule has 2 heteroatoms. The molecule has 1 N–H and O–H groups in total. The lowest BCUT2D eigenvalue weighted by atomic mass is 10.00. The zero-order valence-electron chi connectivity index (χ0n) is 10.9. The monoisotopic (exact) mass is 224 g/mol. The molecule has 2 nitrogen and oxygen atoms in total. The zero-order valence-corrected chi connectivity index (χ0v) is 10.9. The largest absolute Gasteiger partial charge is 0.314 e. The average Bonchev–Trinajstić information content (AvgIpc) is 2.96. The molecular formula is C14H28N2. The van der Waals surface area contributed by atoms with Gasteiger partial charge in [-0.25, -0.2) is 0 Å². The number of likely N-dealkylation sites (tertiary alicyclic amines) is 1. The first kappa shape index (κ1) is 12.4. The van der Waals surface area contributed by atoms with Crippen LogP contribution < -0.4 is 5.32 Å². The molecule has 0 radical (unpaired) electrons. The van der Waals surface area contributed by atoms with E-state index in [0.717, 1.165) is 12.0 Å². The van der Waals surface area contributed by atoms with Crippen molar-refractivity contribution in [1.82, 2.24) is 10.2 Å². The first-order valence-corrected chi connectivity index (χ1v) is 7.32. The molecule has 1 heterocycles. The molecule has 0 aromatic rings. The number of nitrogens with zero attached hydrogens (tertiary/aromatic N) is 1. The molecule has 1 unspecified atom stereocenters. The second kappa shape index (κ2) is 6.61. The Morgan fingerprint density at radius 1 is 1.12 bits per heavy atom. The lowest BCUT2D eigenvalue weighted by Crippen LogP contribution is -2.34. The van der Waals surface area contributed by atoms with Crippen molar-refractivity contribution in [2.75, 3.05) is 26.2 Å². The average molecular weight is 224 g/mol. The Kier molecular flexibility index (Phi) is 5.11. The summed E-state index contributed by atoms with van der Waals surface area (Å²) in [6, 6.07) is 0.751.